The summed E-state index contributed by atoms with van der Waals surface area (Å²) in [6.07, 6.45) is 3.18. The van der Waals surface area contributed by atoms with E-state index in [1.807, 2.05) is 43.0 Å². The third-order valence-electron chi connectivity index (χ3n) is 2.67. The number of nitrogens with one attached hydrogen (secondary N) is 2. The Morgan fingerprint density at radius 2 is 2.22 bits per heavy atom. The molecule has 0 saturated heterocycles. The predicted octanol–water partition coefficient (Wildman–Crippen LogP) is 2.66. The Hall–Kier alpha value is -1.00. The molecule has 100 valence electrons. The number of anilines is 1. The van der Waals surface area contributed by atoms with Crippen molar-refractivity contribution in [3.8, 4) is 0 Å². The van der Waals surface area contributed by atoms with Crippen molar-refractivity contribution in [1.82, 2.24) is 5.32 Å². The number of hydrogen-bond acceptors (Lipinski definition) is 3. The molecular weight excluding hydrogens is 244 g/mol. The van der Waals surface area contributed by atoms with Crippen LogP contribution in [0.5, 0.6) is 0 Å². The molecule has 0 saturated carbocycles. The van der Waals surface area contributed by atoms with E-state index in [1.54, 1.807) is 0 Å². The van der Waals surface area contributed by atoms with Gasteiger partial charge in [0.2, 0.25) is 5.91 Å². The molecule has 0 aliphatic rings. The van der Waals surface area contributed by atoms with E-state index in [4.69, 9.17) is 0 Å². The molecule has 0 aromatic heterocycles. The lowest BCUT2D eigenvalue weighted by molar-refractivity contribution is -0.115. The normalized spacial score (nSPS) is 12.2. The minimum Gasteiger partial charge on any atom is -0.325 e. The van der Waals surface area contributed by atoms with Crippen molar-refractivity contribution in [2.45, 2.75) is 26.3 Å². The van der Waals surface area contributed by atoms with Gasteiger partial charge in [-0.15, -0.1) is 0 Å². The number of rotatable bonds is 7. The third kappa shape index (κ3) is 6.07. The van der Waals surface area contributed by atoms with E-state index in [0.717, 1.165) is 23.4 Å². The molecular formula is C14H22N2OS. The zero-order chi connectivity index (χ0) is 13.4. The predicted molar refractivity (Wildman–Crippen MR) is 80.3 cm³/mol. The summed E-state index contributed by atoms with van der Waals surface area (Å²) in [5.41, 5.74) is 2.01. The molecule has 1 unspecified atom stereocenters. The molecule has 2 N–H and O–H groups in total. The smallest absolute Gasteiger partial charge is 0.238 e. The van der Waals surface area contributed by atoms with Gasteiger partial charge in [-0.3, -0.25) is 4.79 Å². The second-order valence-electron chi connectivity index (χ2n) is 4.48. The summed E-state index contributed by atoms with van der Waals surface area (Å²) in [6.45, 7) is 4.48. The second kappa shape index (κ2) is 8.16. The topological polar surface area (TPSA) is 41.1 Å². The first-order valence-electron chi connectivity index (χ1n) is 6.20. The minimum atomic E-state index is 0.0107. The SMILES string of the molecule is CSCCC(C)NCC(=O)Nc1cccc(C)c1. The van der Waals surface area contributed by atoms with Gasteiger partial charge in [-0.25, -0.2) is 0 Å². The molecule has 4 heteroatoms. The number of thioether (sulfide) groups is 1. The molecule has 3 nitrogen and oxygen atoms in total. The van der Waals surface area contributed by atoms with Gasteiger partial charge in [0.25, 0.3) is 0 Å². The van der Waals surface area contributed by atoms with Crippen LogP contribution >= 0.6 is 11.8 Å². The van der Waals surface area contributed by atoms with Crippen LogP contribution in [0.15, 0.2) is 24.3 Å². The van der Waals surface area contributed by atoms with Crippen LogP contribution in [0.1, 0.15) is 18.9 Å². The van der Waals surface area contributed by atoms with E-state index < -0.39 is 0 Å². The number of amides is 1. The fourth-order valence-corrected chi connectivity index (χ4v) is 2.18. The van der Waals surface area contributed by atoms with E-state index in [-0.39, 0.29) is 5.91 Å². The van der Waals surface area contributed by atoms with Crippen LogP contribution in [0.25, 0.3) is 0 Å². The van der Waals surface area contributed by atoms with Gasteiger partial charge in [-0.2, -0.15) is 11.8 Å². The van der Waals surface area contributed by atoms with Gasteiger partial charge in [0.05, 0.1) is 6.54 Å². The van der Waals surface area contributed by atoms with E-state index in [1.165, 1.54) is 0 Å². The average Bonchev–Trinajstić information content (AvgIpc) is 2.34. The van der Waals surface area contributed by atoms with Crippen molar-refractivity contribution < 1.29 is 4.79 Å². The van der Waals surface area contributed by atoms with Crippen LogP contribution in [0.2, 0.25) is 0 Å². The van der Waals surface area contributed by atoms with Gasteiger partial charge in [0, 0.05) is 11.7 Å². The lowest BCUT2D eigenvalue weighted by Gasteiger charge is -2.13. The highest BCUT2D eigenvalue weighted by Crippen LogP contribution is 2.09. The number of hydrogen-bond donors (Lipinski definition) is 2. The van der Waals surface area contributed by atoms with Gasteiger partial charge in [0.1, 0.15) is 0 Å². The maximum Gasteiger partial charge on any atom is 0.238 e. The average molecular weight is 266 g/mol. The first-order chi connectivity index (χ1) is 8.61. The molecule has 1 aromatic rings. The summed E-state index contributed by atoms with van der Waals surface area (Å²) >= 11 is 1.83. The molecule has 1 atom stereocenters. The summed E-state index contributed by atoms with van der Waals surface area (Å²) in [5.74, 6) is 1.13. The summed E-state index contributed by atoms with van der Waals surface area (Å²) in [6, 6.07) is 8.20. The lowest BCUT2D eigenvalue weighted by Crippen LogP contribution is -2.34. The van der Waals surface area contributed by atoms with E-state index in [2.05, 4.69) is 23.8 Å². The first kappa shape index (κ1) is 15.1. The van der Waals surface area contributed by atoms with Crippen molar-refractivity contribution in [3.63, 3.8) is 0 Å². The zero-order valence-corrected chi connectivity index (χ0v) is 12.1. The van der Waals surface area contributed by atoms with Crippen LogP contribution in [0.3, 0.4) is 0 Å². The van der Waals surface area contributed by atoms with Crippen molar-refractivity contribution in [2.75, 3.05) is 23.9 Å². The molecule has 0 aliphatic carbocycles. The molecule has 0 heterocycles. The molecule has 0 aliphatic heterocycles. The Bertz CT molecular complexity index is 382. The monoisotopic (exact) mass is 266 g/mol. The standard InChI is InChI=1S/C14H22N2OS/c1-11-5-4-6-13(9-11)16-14(17)10-15-12(2)7-8-18-3/h4-6,9,12,15H,7-8,10H2,1-3H3,(H,16,17). The largest absolute Gasteiger partial charge is 0.325 e. The maximum atomic E-state index is 11.7. The third-order valence-corrected chi connectivity index (χ3v) is 3.31. The second-order valence-corrected chi connectivity index (χ2v) is 5.47. The number of carbonyl (C=O) groups is 1. The summed E-state index contributed by atoms with van der Waals surface area (Å²) in [4.78, 5) is 11.7. The van der Waals surface area contributed by atoms with Gasteiger partial charge < -0.3 is 10.6 Å². The van der Waals surface area contributed by atoms with Crippen LogP contribution in [0.4, 0.5) is 5.69 Å². The van der Waals surface area contributed by atoms with Crippen LogP contribution in [0, 0.1) is 6.92 Å². The van der Waals surface area contributed by atoms with Crippen LogP contribution in [-0.4, -0.2) is 30.5 Å². The minimum absolute atomic E-state index is 0.0107. The van der Waals surface area contributed by atoms with E-state index in [0.29, 0.717) is 12.6 Å². The Morgan fingerprint density at radius 3 is 2.89 bits per heavy atom. The van der Waals surface area contributed by atoms with Crippen LogP contribution < -0.4 is 10.6 Å². The van der Waals surface area contributed by atoms with Crippen molar-refractivity contribution >= 4 is 23.4 Å². The highest BCUT2D eigenvalue weighted by atomic mass is 32.2. The molecule has 0 bridgehead atoms. The Labute approximate surface area is 114 Å². The Balaban J connectivity index is 2.29. The maximum absolute atomic E-state index is 11.7. The molecule has 1 aromatic carbocycles. The lowest BCUT2D eigenvalue weighted by atomic mass is 10.2. The fraction of sp³-hybridized carbons (Fsp3) is 0.500. The molecule has 1 amide bonds. The quantitative estimate of drug-likeness (QED) is 0.797. The Morgan fingerprint density at radius 1 is 1.44 bits per heavy atom. The van der Waals surface area contributed by atoms with Gasteiger partial charge in [0.15, 0.2) is 0 Å². The van der Waals surface area contributed by atoms with Gasteiger partial charge in [-0.05, 0) is 50.0 Å². The Kier molecular flexibility index (Phi) is 6.83. The molecule has 1 rings (SSSR count). The number of aryl methyl sites for hydroxylation is 1. The van der Waals surface area contributed by atoms with Crippen LogP contribution in [-0.2, 0) is 4.79 Å². The van der Waals surface area contributed by atoms with Crippen molar-refractivity contribution in [3.05, 3.63) is 29.8 Å². The summed E-state index contributed by atoms with van der Waals surface area (Å²) in [7, 11) is 0. The highest BCUT2D eigenvalue weighted by Gasteiger charge is 2.05. The summed E-state index contributed by atoms with van der Waals surface area (Å²) in [5, 5.41) is 6.11. The molecule has 0 spiro atoms. The fourth-order valence-electron chi connectivity index (χ4n) is 1.59. The van der Waals surface area contributed by atoms with E-state index >= 15 is 0 Å². The number of benzene rings is 1. The van der Waals surface area contributed by atoms with Gasteiger partial charge in [-0.1, -0.05) is 12.1 Å². The van der Waals surface area contributed by atoms with E-state index in [9.17, 15) is 4.79 Å². The summed E-state index contributed by atoms with van der Waals surface area (Å²) < 4.78 is 0. The van der Waals surface area contributed by atoms with Crippen molar-refractivity contribution in [2.24, 2.45) is 0 Å². The highest BCUT2D eigenvalue weighted by molar-refractivity contribution is 7.98. The first-order valence-corrected chi connectivity index (χ1v) is 7.60. The molecule has 0 radical (unpaired) electrons. The van der Waals surface area contributed by atoms with Crippen molar-refractivity contribution in [1.29, 1.82) is 0 Å². The molecule has 0 fully saturated rings. The number of carbonyl (C=O) groups excluding carboxylic acids is 1. The van der Waals surface area contributed by atoms with Gasteiger partial charge >= 0.3 is 0 Å². The zero-order valence-electron chi connectivity index (χ0n) is 11.3. The molecule has 18 heavy (non-hydrogen) atoms.